The fourth-order valence-electron chi connectivity index (χ4n) is 2.22. The smallest absolute Gasteiger partial charge is 0.317 e. The maximum absolute atomic E-state index is 11.7. The van der Waals surface area contributed by atoms with Crippen LogP contribution < -0.4 is 5.32 Å². The summed E-state index contributed by atoms with van der Waals surface area (Å²) in [4.78, 5) is 16.2. The zero-order chi connectivity index (χ0) is 10.3. The van der Waals surface area contributed by atoms with Crippen LogP contribution in [0.15, 0.2) is 0 Å². The lowest BCUT2D eigenvalue weighted by Crippen LogP contribution is -2.52. The Bertz CT molecular complexity index is 253. The van der Waals surface area contributed by atoms with Gasteiger partial charge in [0.2, 0.25) is 0 Å². The standard InChI is InChI=1S/C11H19N3O/c15-11(12-9-1-2-9)14-7-5-13(6-8-14)10-3-4-10/h9-10H,1-8H2,(H,12,15). The first-order chi connectivity index (χ1) is 7.33. The molecular weight excluding hydrogens is 190 g/mol. The van der Waals surface area contributed by atoms with Crippen LogP contribution in [0.2, 0.25) is 0 Å². The van der Waals surface area contributed by atoms with E-state index in [-0.39, 0.29) is 6.03 Å². The summed E-state index contributed by atoms with van der Waals surface area (Å²) in [5.74, 6) is 0. The third-order valence-electron chi connectivity index (χ3n) is 3.57. The zero-order valence-electron chi connectivity index (χ0n) is 9.11. The Morgan fingerprint density at radius 1 is 1.00 bits per heavy atom. The summed E-state index contributed by atoms with van der Waals surface area (Å²) in [5.41, 5.74) is 0. The van der Waals surface area contributed by atoms with Crippen molar-refractivity contribution in [3.05, 3.63) is 0 Å². The highest BCUT2D eigenvalue weighted by Gasteiger charge is 2.33. The van der Waals surface area contributed by atoms with E-state index in [2.05, 4.69) is 10.2 Å². The number of hydrogen-bond donors (Lipinski definition) is 1. The van der Waals surface area contributed by atoms with Gasteiger partial charge in [0.25, 0.3) is 0 Å². The highest BCUT2D eigenvalue weighted by molar-refractivity contribution is 5.75. The van der Waals surface area contributed by atoms with Crippen molar-refractivity contribution in [2.24, 2.45) is 0 Å². The van der Waals surface area contributed by atoms with Gasteiger partial charge >= 0.3 is 6.03 Å². The van der Waals surface area contributed by atoms with Gasteiger partial charge < -0.3 is 10.2 Å². The third kappa shape index (κ3) is 2.25. The van der Waals surface area contributed by atoms with Crippen LogP contribution in [0.25, 0.3) is 0 Å². The summed E-state index contributed by atoms with van der Waals surface area (Å²) in [7, 11) is 0. The highest BCUT2D eigenvalue weighted by Crippen LogP contribution is 2.27. The lowest BCUT2D eigenvalue weighted by atomic mass is 10.3. The van der Waals surface area contributed by atoms with Crippen LogP contribution in [-0.2, 0) is 0 Å². The van der Waals surface area contributed by atoms with Crippen molar-refractivity contribution in [1.29, 1.82) is 0 Å². The van der Waals surface area contributed by atoms with E-state index in [1.165, 1.54) is 25.7 Å². The summed E-state index contributed by atoms with van der Waals surface area (Å²) in [6.45, 7) is 3.97. The van der Waals surface area contributed by atoms with Crippen molar-refractivity contribution in [3.63, 3.8) is 0 Å². The number of carbonyl (C=O) groups excluding carboxylic acids is 1. The second-order valence-corrected chi connectivity index (χ2v) is 4.98. The lowest BCUT2D eigenvalue weighted by molar-refractivity contribution is 0.134. The van der Waals surface area contributed by atoms with Crippen molar-refractivity contribution in [2.75, 3.05) is 26.2 Å². The molecule has 3 rings (SSSR count). The van der Waals surface area contributed by atoms with Crippen LogP contribution >= 0.6 is 0 Å². The SMILES string of the molecule is O=C(NC1CC1)N1CCN(C2CC2)CC1. The molecule has 0 bridgehead atoms. The first-order valence-electron chi connectivity index (χ1n) is 6.12. The van der Waals surface area contributed by atoms with E-state index in [1.807, 2.05) is 4.90 Å². The van der Waals surface area contributed by atoms with Crippen molar-refractivity contribution >= 4 is 6.03 Å². The lowest BCUT2D eigenvalue weighted by Gasteiger charge is -2.34. The van der Waals surface area contributed by atoms with Gasteiger partial charge in [-0.3, -0.25) is 4.90 Å². The summed E-state index contributed by atoms with van der Waals surface area (Å²) in [6, 6.07) is 1.49. The van der Waals surface area contributed by atoms with E-state index in [1.54, 1.807) is 0 Å². The maximum Gasteiger partial charge on any atom is 0.317 e. The van der Waals surface area contributed by atoms with Gasteiger partial charge in [0.05, 0.1) is 0 Å². The average Bonchev–Trinajstić information content (AvgIpc) is 3.12. The molecule has 0 aromatic heterocycles. The van der Waals surface area contributed by atoms with Crippen molar-refractivity contribution in [3.8, 4) is 0 Å². The van der Waals surface area contributed by atoms with E-state index in [0.717, 1.165) is 32.2 Å². The molecule has 1 aliphatic heterocycles. The number of rotatable bonds is 2. The molecule has 1 N–H and O–H groups in total. The first kappa shape index (κ1) is 9.46. The van der Waals surface area contributed by atoms with E-state index >= 15 is 0 Å². The molecule has 3 aliphatic rings. The number of piperazine rings is 1. The minimum Gasteiger partial charge on any atom is -0.335 e. The Labute approximate surface area is 90.6 Å². The monoisotopic (exact) mass is 209 g/mol. The zero-order valence-corrected chi connectivity index (χ0v) is 9.11. The van der Waals surface area contributed by atoms with E-state index in [9.17, 15) is 4.79 Å². The molecule has 2 aliphatic carbocycles. The number of urea groups is 1. The Balaban J connectivity index is 1.45. The van der Waals surface area contributed by atoms with Gasteiger partial charge in [-0.2, -0.15) is 0 Å². The van der Waals surface area contributed by atoms with Gasteiger partial charge in [-0.1, -0.05) is 0 Å². The molecule has 4 nitrogen and oxygen atoms in total. The minimum absolute atomic E-state index is 0.160. The summed E-state index contributed by atoms with van der Waals surface area (Å²) >= 11 is 0. The molecule has 84 valence electrons. The van der Waals surface area contributed by atoms with Crippen molar-refractivity contribution in [1.82, 2.24) is 15.1 Å². The predicted molar refractivity (Wildman–Crippen MR) is 57.7 cm³/mol. The fourth-order valence-corrected chi connectivity index (χ4v) is 2.22. The van der Waals surface area contributed by atoms with Gasteiger partial charge in [-0.15, -0.1) is 0 Å². The molecule has 2 amide bonds. The van der Waals surface area contributed by atoms with Crippen LogP contribution in [-0.4, -0.2) is 54.1 Å². The van der Waals surface area contributed by atoms with Crippen molar-refractivity contribution in [2.45, 2.75) is 37.8 Å². The van der Waals surface area contributed by atoms with Gasteiger partial charge in [0.1, 0.15) is 0 Å². The van der Waals surface area contributed by atoms with Gasteiger partial charge in [0.15, 0.2) is 0 Å². The summed E-state index contributed by atoms with van der Waals surface area (Å²) in [5, 5.41) is 3.05. The average molecular weight is 209 g/mol. The molecule has 15 heavy (non-hydrogen) atoms. The van der Waals surface area contributed by atoms with E-state index in [4.69, 9.17) is 0 Å². The molecular formula is C11H19N3O. The van der Waals surface area contributed by atoms with E-state index in [0.29, 0.717) is 6.04 Å². The number of amides is 2. The van der Waals surface area contributed by atoms with Crippen LogP contribution in [0, 0.1) is 0 Å². The van der Waals surface area contributed by atoms with Crippen molar-refractivity contribution < 1.29 is 4.79 Å². The topological polar surface area (TPSA) is 35.6 Å². The molecule has 0 spiro atoms. The normalized spacial score (nSPS) is 27.9. The minimum atomic E-state index is 0.160. The van der Waals surface area contributed by atoms with Gasteiger partial charge in [0, 0.05) is 38.3 Å². The van der Waals surface area contributed by atoms with Crippen LogP contribution in [0.5, 0.6) is 0 Å². The second kappa shape index (κ2) is 3.67. The Morgan fingerprint density at radius 2 is 1.67 bits per heavy atom. The molecule has 1 heterocycles. The van der Waals surface area contributed by atoms with Crippen LogP contribution in [0.3, 0.4) is 0 Å². The molecule has 0 unspecified atom stereocenters. The Kier molecular flexibility index (Phi) is 2.31. The van der Waals surface area contributed by atoms with Gasteiger partial charge in [-0.25, -0.2) is 4.79 Å². The molecule has 1 saturated heterocycles. The molecule has 3 fully saturated rings. The first-order valence-corrected chi connectivity index (χ1v) is 6.12. The summed E-state index contributed by atoms with van der Waals surface area (Å²) in [6.07, 6.45) is 5.09. The molecule has 4 heteroatoms. The molecule has 2 saturated carbocycles. The largest absolute Gasteiger partial charge is 0.335 e. The fraction of sp³-hybridized carbons (Fsp3) is 0.909. The van der Waals surface area contributed by atoms with E-state index < -0.39 is 0 Å². The molecule has 0 atom stereocenters. The molecule has 0 aromatic rings. The van der Waals surface area contributed by atoms with Gasteiger partial charge in [-0.05, 0) is 25.7 Å². The molecule has 0 aromatic carbocycles. The number of hydrogen-bond acceptors (Lipinski definition) is 2. The number of carbonyl (C=O) groups is 1. The Morgan fingerprint density at radius 3 is 2.20 bits per heavy atom. The second-order valence-electron chi connectivity index (χ2n) is 4.98. The predicted octanol–water partition coefficient (Wildman–Crippen LogP) is 0.638. The summed E-state index contributed by atoms with van der Waals surface area (Å²) < 4.78 is 0. The third-order valence-corrected chi connectivity index (χ3v) is 3.57. The van der Waals surface area contributed by atoms with Crippen LogP contribution in [0.1, 0.15) is 25.7 Å². The number of nitrogens with one attached hydrogen (secondary N) is 1. The molecule has 0 radical (unpaired) electrons. The quantitative estimate of drug-likeness (QED) is 0.724. The number of nitrogens with zero attached hydrogens (tertiary/aromatic N) is 2. The maximum atomic E-state index is 11.7. The highest BCUT2D eigenvalue weighted by atomic mass is 16.2. The van der Waals surface area contributed by atoms with Crippen LogP contribution in [0.4, 0.5) is 4.79 Å². The Hall–Kier alpha value is -0.770.